The smallest absolute Gasteiger partial charge is 0.245 e. The van der Waals surface area contributed by atoms with E-state index in [9.17, 15) is 9.59 Å². The van der Waals surface area contributed by atoms with Gasteiger partial charge >= 0.3 is 0 Å². The molecule has 1 N–H and O–H groups in total. The molecule has 1 amide bonds. The second-order valence-corrected chi connectivity index (χ2v) is 5.50. The van der Waals surface area contributed by atoms with E-state index in [1.807, 2.05) is 30.3 Å². The van der Waals surface area contributed by atoms with Gasteiger partial charge < -0.3 is 5.32 Å². The molecule has 6 nitrogen and oxygen atoms in total. The van der Waals surface area contributed by atoms with Crippen LogP contribution in [0.2, 0.25) is 0 Å². The molecule has 0 aliphatic carbocycles. The molecule has 0 bridgehead atoms. The Labute approximate surface area is 134 Å². The summed E-state index contributed by atoms with van der Waals surface area (Å²) >= 11 is 0. The average molecular weight is 310 g/mol. The Kier molecular flexibility index (Phi) is 5.26. The maximum Gasteiger partial charge on any atom is 0.245 e. The summed E-state index contributed by atoms with van der Waals surface area (Å²) in [5, 5.41) is 15.8. The molecule has 1 unspecified atom stereocenters. The maximum absolute atomic E-state index is 12.3. The first-order valence-corrected chi connectivity index (χ1v) is 7.32. The van der Waals surface area contributed by atoms with Crippen LogP contribution < -0.4 is 5.32 Å². The van der Waals surface area contributed by atoms with Crippen molar-refractivity contribution >= 4 is 11.7 Å². The summed E-state index contributed by atoms with van der Waals surface area (Å²) in [6.45, 7) is 4.06. The normalized spacial score (nSPS) is 11.7. The second kappa shape index (κ2) is 7.36. The van der Waals surface area contributed by atoms with Crippen molar-refractivity contribution in [2.24, 2.45) is 5.92 Å². The first-order valence-electron chi connectivity index (χ1n) is 7.32. The van der Waals surface area contributed by atoms with Crippen molar-refractivity contribution in [2.75, 3.05) is 0 Å². The van der Waals surface area contributed by atoms with E-state index in [-0.39, 0.29) is 11.6 Å². The molecule has 0 aliphatic rings. The van der Waals surface area contributed by atoms with Crippen LogP contribution in [0.3, 0.4) is 0 Å². The van der Waals surface area contributed by atoms with Gasteiger partial charge in [0.25, 0.3) is 0 Å². The van der Waals surface area contributed by atoms with Crippen molar-refractivity contribution in [1.82, 2.24) is 15.1 Å². The summed E-state index contributed by atoms with van der Waals surface area (Å²) < 4.78 is 1.61. The Morgan fingerprint density at radius 1 is 1.30 bits per heavy atom. The minimum absolute atomic E-state index is 0.132. The van der Waals surface area contributed by atoms with Crippen LogP contribution in [-0.4, -0.2) is 27.5 Å². The Bertz CT molecular complexity index is 729. The number of carbonyl (C=O) groups excluding carboxylic acids is 2. The van der Waals surface area contributed by atoms with Crippen LogP contribution in [0.5, 0.6) is 0 Å². The predicted octanol–water partition coefficient (Wildman–Crippen LogP) is 1.78. The summed E-state index contributed by atoms with van der Waals surface area (Å²) in [5.41, 5.74) is 1.30. The van der Waals surface area contributed by atoms with E-state index in [4.69, 9.17) is 5.26 Å². The van der Waals surface area contributed by atoms with Crippen LogP contribution >= 0.6 is 0 Å². The van der Waals surface area contributed by atoms with Gasteiger partial charge in [-0.25, -0.2) is 0 Å². The molecule has 0 radical (unpaired) electrons. The van der Waals surface area contributed by atoms with Gasteiger partial charge in [-0.05, 0) is 19.4 Å². The lowest BCUT2D eigenvalue weighted by Gasteiger charge is -2.11. The van der Waals surface area contributed by atoms with Crippen LogP contribution in [0.4, 0.5) is 0 Å². The van der Waals surface area contributed by atoms with E-state index in [1.165, 1.54) is 6.20 Å². The highest BCUT2D eigenvalue weighted by Crippen LogP contribution is 2.10. The maximum atomic E-state index is 12.3. The van der Waals surface area contributed by atoms with Crippen LogP contribution in [0.15, 0.2) is 42.7 Å². The van der Waals surface area contributed by atoms with Gasteiger partial charge in [-0.2, -0.15) is 10.4 Å². The zero-order chi connectivity index (χ0) is 16.8. The van der Waals surface area contributed by atoms with Gasteiger partial charge in [0, 0.05) is 12.2 Å². The number of nitriles is 1. The molecule has 0 spiro atoms. The molecule has 1 aromatic carbocycles. The lowest BCUT2D eigenvalue weighted by molar-refractivity contribution is -0.122. The van der Waals surface area contributed by atoms with Gasteiger partial charge in [-0.1, -0.05) is 30.3 Å². The minimum atomic E-state index is -1.35. The Morgan fingerprint density at radius 3 is 2.61 bits per heavy atom. The van der Waals surface area contributed by atoms with Crippen molar-refractivity contribution in [3.05, 3.63) is 53.9 Å². The van der Waals surface area contributed by atoms with E-state index in [2.05, 4.69) is 10.4 Å². The largest absolute Gasteiger partial charge is 0.352 e. The number of aromatic nitrogens is 2. The molecule has 118 valence electrons. The number of carbonyl (C=O) groups is 2. The zero-order valence-corrected chi connectivity index (χ0v) is 13.1. The Hall–Kier alpha value is -2.94. The van der Waals surface area contributed by atoms with Gasteiger partial charge in [0.05, 0.1) is 24.4 Å². The minimum Gasteiger partial charge on any atom is -0.352 e. The topological polar surface area (TPSA) is 87.8 Å². The summed E-state index contributed by atoms with van der Waals surface area (Å²) in [7, 11) is 0. The van der Waals surface area contributed by atoms with Crippen molar-refractivity contribution in [1.29, 1.82) is 5.26 Å². The van der Waals surface area contributed by atoms with Gasteiger partial charge in [0.1, 0.15) is 0 Å². The van der Waals surface area contributed by atoms with Crippen molar-refractivity contribution in [2.45, 2.75) is 26.4 Å². The van der Waals surface area contributed by atoms with Gasteiger partial charge in [-0.3, -0.25) is 14.3 Å². The number of hydrogen-bond acceptors (Lipinski definition) is 4. The predicted molar refractivity (Wildman–Crippen MR) is 84.5 cm³/mol. The molecule has 0 fully saturated rings. The highest BCUT2D eigenvalue weighted by atomic mass is 16.2. The number of Topliss-reactive ketones (excluding diaryl/α,β-unsaturated/α-hetero) is 1. The number of rotatable bonds is 6. The zero-order valence-electron chi connectivity index (χ0n) is 13.1. The fourth-order valence-corrected chi connectivity index (χ4v) is 2.12. The third-order valence-corrected chi connectivity index (χ3v) is 3.19. The van der Waals surface area contributed by atoms with Crippen molar-refractivity contribution in [3.8, 4) is 6.07 Å². The number of nitrogens with zero attached hydrogens (tertiary/aromatic N) is 3. The van der Waals surface area contributed by atoms with Crippen LogP contribution in [0.1, 0.15) is 29.8 Å². The first-order chi connectivity index (χ1) is 11.0. The third-order valence-electron chi connectivity index (χ3n) is 3.19. The fraction of sp³-hybridized carbons (Fsp3) is 0.294. The van der Waals surface area contributed by atoms with Crippen LogP contribution in [0.25, 0.3) is 0 Å². The molecule has 0 aliphatic heterocycles. The van der Waals surface area contributed by atoms with Crippen molar-refractivity contribution < 1.29 is 9.59 Å². The summed E-state index contributed by atoms with van der Waals surface area (Å²) in [4.78, 5) is 24.2. The molecule has 2 aromatic rings. The number of benzene rings is 1. The molecule has 23 heavy (non-hydrogen) atoms. The molecule has 2 rings (SSSR count). The number of amides is 1. The number of nitrogens with one attached hydrogen (secondary N) is 1. The molecular weight excluding hydrogens is 292 g/mol. The van der Waals surface area contributed by atoms with E-state index in [0.717, 1.165) is 5.56 Å². The second-order valence-electron chi connectivity index (χ2n) is 5.50. The molecule has 1 heterocycles. The molecular formula is C17H18N4O2. The summed E-state index contributed by atoms with van der Waals surface area (Å²) in [6.07, 6.45) is 2.95. The standard InChI is InChI=1S/C17H18N4O2/c1-12(2)20-17(23)15(8-18)16(22)14-9-19-21(11-14)10-13-6-4-3-5-7-13/h3-7,9,11-12,15H,10H2,1-2H3,(H,20,23). The lowest BCUT2D eigenvalue weighted by Crippen LogP contribution is -2.38. The number of ketones is 1. The van der Waals surface area contributed by atoms with Crippen LogP contribution in [-0.2, 0) is 11.3 Å². The molecule has 0 saturated heterocycles. The van der Waals surface area contributed by atoms with E-state index in [1.54, 1.807) is 30.8 Å². The molecule has 0 saturated carbocycles. The summed E-state index contributed by atoms with van der Waals surface area (Å²) in [5.74, 6) is -2.47. The quantitative estimate of drug-likeness (QED) is 0.650. The van der Waals surface area contributed by atoms with E-state index in [0.29, 0.717) is 6.54 Å². The number of hydrogen-bond donors (Lipinski definition) is 1. The monoisotopic (exact) mass is 310 g/mol. The van der Waals surface area contributed by atoms with Gasteiger partial charge in [0.15, 0.2) is 11.7 Å². The average Bonchev–Trinajstić information content (AvgIpc) is 2.96. The van der Waals surface area contributed by atoms with E-state index < -0.39 is 17.6 Å². The molecule has 1 aromatic heterocycles. The fourth-order valence-electron chi connectivity index (χ4n) is 2.12. The van der Waals surface area contributed by atoms with Gasteiger partial charge in [-0.15, -0.1) is 0 Å². The molecule has 1 atom stereocenters. The highest BCUT2D eigenvalue weighted by Gasteiger charge is 2.28. The molecule has 6 heteroatoms. The van der Waals surface area contributed by atoms with E-state index >= 15 is 0 Å². The SMILES string of the molecule is CC(C)NC(=O)C(C#N)C(=O)c1cnn(Cc2ccccc2)c1. The highest BCUT2D eigenvalue weighted by molar-refractivity contribution is 6.11. The van der Waals surface area contributed by atoms with Gasteiger partial charge in [0.2, 0.25) is 5.91 Å². The lowest BCUT2D eigenvalue weighted by atomic mass is 10.0. The first kappa shape index (κ1) is 16.4. The Morgan fingerprint density at radius 2 is 2.00 bits per heavy atom. The van der Waals surface area contributed by atoms with Crippen molar-refractivity contribution in [3.63, 3.8) is 0 Å². The Balaban J connectivity index is 2.11. The third kappa shape index (κ3) is 4.27. The summed E-state index contributed by atoms with van der Waals surface area (Å²) in [6, 6.07) is 11.3. The van der Waals surface area contributed by atoms with Crippen LogP contribution in [0, 0.1) is 17.2 Å².